The van der Waals surface area contributed by atoms with Gasteiger partial charge >= 0.3 is 0 Å². The van der Waals surface area contributed by atoms with Crippen molar-refractivity contribution in [2.24, 2.45) is 16.7 Å². The van der Waals surface area contributed by atoms with Crippen LogP contribution in [0.3, 0.4) is 0 Å². The second-order valence-corrected chi connectivity index (χ2v) is 7.60. The van der Waals surface area contributed by atoms with E-state index in [-0.39, 0.29) is 0 Å². The quantitative estimate of drug-likeness (QED) is 0.835. The average molecular weight is 392 g/mol. The molecule has 2 bridgehead atoms. The van der Waals surface area contributed by atoms with Gasteiger partial charge in [-0.2, -0.15) is 15.8 Å². The SMILES string of the molecule is COc1ccc(OC)c([C@@H]2O[C@]34CCCC[C@@H]3C(C#N)(C#N)[C@@]2(C#N)C(=N)O4)c1. The first kappa shape index (κ1) is 19.1. The minimum Gasteiger partial charge on any atom is -0.497 e. The highest BCUT2D eigenvalue weighted by atomic mass is 16.7. The van der Waals surface area contributed by atoms with Crippen LogP contribution in [0.1, 0.15) is 37.4 Å². The molecule has 1 aromatic carbocycles. The zero-order valence-electron chi connectivity index (χ0n) is 16.2. The lowest BCUT2D eigenvalue weighted by atomic mass is 9.48. The molecular formula is C21H20N4O4. The van der Waals surface area contributed by atoms with Gasteiger partial charge in [-0.1, -0.05) is 6.42 Å². The van der Waals surface area contributed by atoms with Crippen LogP contribution in [0.25, 0.3) is 0 Å². The molecule has 8 heteroatoms. The summed E-state index contributed by atoms with van der Waals surface area (Å²) in [7, 11) is 2.99. The third kappa shape index (κ3) is 2.11. The fourth-order valence-corrected chi connectivity index (χ4v) is 5.16. The molecule has 3 saturated heterocycles. The summed E-state index contributed by atoms with van der Waals surface area (Å²) in [6.45, 7) is 0. The number of nitrogens with one attached hydrogen (secondary N) is 1. The van der Waals surface area contributed by atoms with Gasteiger partial charge in [0, 0.05) is 12.0 Å². The fourth-order valence-electron chi connectivity index (χ4n) is 5.16. The van der Waals surface area contributed by atoms with Crippen molar-refractivity contribution < 1.29 is 18.9 Å². The molecule has 0 radical (unpaired) electrons. The van der Waals surface area contributed by atoms with Crippen LogP contribution in [0.4, 0.5) is 0 Å². The van der Waals surface area contributed by atoms with Gasteiger partial charge in [-0.15, -0.1) is 0 Å². The molecule has 3 aliphatic heterocycles. The molecular weight excluding hydrogens is 372 g/mol. The zero-order chi connectivity index (χ0) is 20.9. The number of ether oxygens (including phenoxy) is 4. The topological polar surface area (TPSA) is 132 Å². The summed E-state index contributed by atoms with van der Waals surface area (Å²) in [5.41, 5.74) is -3.27. The van der Waals surface area contributed by atoms with Crippen molar-refractivity contribution in [3.63, 3.8) is 0 Å². The van der Waals surface area contributed by atoms with Gasteiger partial charge in [-0.05, 0) is 31.0 Å². The molecule has 8 nitrogen and oxygen atoms in total. The average Bonchev–Trinajstić information content (AvgIpc) is 2.76. The molecule has 148 valence electrons. The molecule has 1 spiro atoms. The lowest BCUT2D eigenvalue weighted by Gasteiger charge is -2.63. The molecule has 4 aliphatic rings. The highest BCUT2D eigenvalue weighted by molar-refractivity contribution is 5.89. The maximum Gasteiger partial charge on any atom is 0.218 e. The Bertz CT molecular complexity index is 989. The largest absolute Gasteiger partial charge is 0.497 e. The summed E-state index contributed by atoms with van der Waals surface area (Å²) in [6, 6.07) is 11.4. The smallest absolute Gasteiger partial charge is 0.218 e. The first-order valence-electron chi connectivity index (χ1n) is 9.40. The van der Waals surface area contributed by atoms with Crippen molar-refractivity contribution in [3.05, 3.63) is 23.8 Å². The fraction of sp³-hybridized carbons (Fsp3) is 0.524. The lowest BCUT2D eigenvalue weighted by Crippen LogP contribution is -2.73. The van der Waals surface area contributed by atoms with E-state index in [1.165, 1.54) is 14.2 Å². The minimum absolute atomic E-state index is 0.401. The summed E-state index contributed by atoms with van der Waals surface area (Å²) in [4.78, 5) is 0. The summed E-state index contributed by atoms with van der Waals surface area (Å²) < 4.78 is 23.1. The van der Waals surface area contributed by atoms with E-state index in [4.69, 9.17) is 24.4 Å². The molecule has 0 unspecified atom stereocenters. The molecule has 3 heterocycles. The Hall–Kier alpha value is -3.28. The van der Waals surface area contributed by atoms with Crippen LogP contribution in [0, 0.1) is 56.2 Å². The minimum atomic E-state index is -1.93. The number of methoxy groups -OCH3 is 2. The van der Waals surface area contributed by atoms with Crippen molar-refractivity contribution in [1.82, 2.24) is 0 Å². The van der Waals surface area contributed by atoms with Crippen LogP contribution >= 0.6 is 0 Å². The number of fused-ring (bicyclic) bond motifs is 2. The van der Waals surface area contributed by atoms with Gasteiger partial charge in [0.05, 0.1) is 38.3 Å². The van der Waals surface area contributed by atoms with Crippen molar-refractivity contribution in [2.45, 2.75) is 37.6 Å². The zero-order valence-corrected chi connectivity index (χ0v) is 16.2. The molecule has 29 heavy (non-hydrogen) atoms. The Morgan fingerprint density at radius 2 is 1.86 bits per heavy atom. The van der Waals surface area contributed by atoms with Gasteiger partial charge in [0.2, 0.25) is 11.7 Å². The van der Waals surface area contributed by atoms with E-state index in [1.54, 1.807) is 18.2 Å². The predicted octanol–water partition coefficient (Wildman–Crippen LogP) is 3.21. The number of nitrogens with zero attached hydrogens (tertiary/aromatic N) is 3. The normalized spacial score (nSPS) is 34.0. The standard InChI is InChI=1S/C21H20N4O4/c1-26-13-6-7-15(27-2)14(9-13)17-20(12-24)18(25)29-21(28-17)8-4-3-5-16(21)19(20,10-22)11-23/h6-7,9,16-17,25H,3-5,8H2,1-2H3/t16-,17+,20-,21+/m1/s1. The Kier molecular flexibility index (Phi) is 4.19. The van der Waals surface area contributed by atoms with Gasteiger partial charge in [0.15, 0.2) is 10.8 Å². The van der Waals surface area contributed by atoms with E-state index in [2.05, 4.69) is 18.2 Å². The first-order chi connectivity index (χ1) is 14.0. The van der Waals surface area contributed by atoms with E-state index in [0.29, 0.717) is 29.9 Å². The van der Waals surface area contributed by atoms with Crippen LogP contribution in [0.15, 0.2) is 18.2 Å². The summed E-state index contributed by atoms with van der Waals surface area (Å²) in [5, 5.41) is 39.4. The first-order valence-corrected chi connectivity index (χ1v) is 9.40. The van der Waals surface area contributed by atoms with Crippen molar-refractivity contribution in [1.29, 1.82) is 21.2 Å². The number of hydrogen-bond acceptors (Lipinski definition) is 8. The summed E-state index contributed by atoms with van der Waals surface area (Å²) >= 11 is 0. The molecule has 0 amide bonds. The van der Waals surface area contributed by atoms with Crippen LogP contribution in [-0.2, 0) is 9.47 Å². The van der Waals surface area contributed by atoms with E-state index in [1.807, 2.05) is 0 Å². The maximum absolute atomic E-state index is 10.3. The number of rotatable bonds is 3. The highest BCUT2D eigenvalue weighted by Gasteiger charge is 2.80. The molecule has 1 N–H and O–H groups in total. The molecule has 5 rings (SSSR count). The van der Waals surface area contributed by atoms with E-state index in [9.17, 15) is 15.8 Å². The lowest BCUT2D eigenvalue weighted by molar-refractivity contribution is -0.360. The molecule has 1 saturated carbocycles. The molecule has 0 aromatic heterocycles. The van der Waals surface area contributed by atoms with Crippen molar-refractivity contribution in [3.8, 4) is 29.7 Å². The monoisotopic (exact) mass is 392 g/mol. The number of benzene rings is 1. The predicted molar refractivity (Wildman–Crippen MR) is 98.6 cm³/mol. The maximum atomic E-state index is 10.3. The van der Waals surface area contributed by atoms with Crippen LogP contribution in [0.5, 0.6) is 11.5 Å². The highest BCUT2D eigenvalue weighted by Crippen LogP contribution is 2.69. The molecule has 4 atom stereocenters. The van der Waals surface area contributed by atoms with Crippen LogP contribution in [-0.4, -0.2) is 25.9 Å². The Morgan fingerprint density at radius 3 is 2.48 bits per heavy atom. The Labute approximate surface area is 168 Å². The number of hydrogen-bond donors (Lipinski definition) is 1. The van der Waals surface area contributed by atoms with Crippen LogP contribution < -0.4 is 9.47 Å². The number of nitriles is 3. The van der Waals surface area contributed by atoms with Gasteiger partial charge < -0.3 is 18.9 Å². The summed E-state index contributed by atoms with van der Waals surface area (Å²) in [6.07, 6.45) is 1.44. The molecule has 1 aromatic rings. The van der Waals surface area contributed by atoms with E-state index >= 15 is 0 Å². The van der Waals surface area contributed by atoms with E-state index < -0.39 is 34.5 Å². The van der Waals surface area contributed by atoms with Gasteiger partial charge in [0.1, 0.15) is 17.6 Å². The Balaban J connectivity index is 2.03. The summed E-state index contributed by atoms with van der Waals surface area (Å²) in [5.74, 6) is -1.40. The van der Waals surface area contributed by atoms with Gasteiger partial charge in [-0.25, -0.2) is 0 Å². The third-order valence-electron chi connectivity index (χ3n) is 6.54. The second-order valence-electron chi connectivity index (χ2n) is 7.60. The van der Waals surface area contributed by atoms with Crippen molar-refractivity contribution in [2.75, 3.05) is 14.2 Å². The second kappa shape index (κ2) is 6.37. The third-order valence-corrected chi connectivity index (χ3v) is 6.54. The van der Waals surface area contributed by atoms with E-state index in [0.717, 1.165) is 12.8 Å². The molecule has 1 aliphatic carbocycles. The van der Waals surface area contributed by atoms with Crippen LogP contribution in [0.2, 0.25) is 0 Å². The van der Waals surface area contributed by atoms with Crippen molar-refractivity contribution >= 4 is 5.90 Å². The molecule has 4 fully saturated rings. The van der Waals surface area contributed by atoms with Gasteiger partial charge in [-0.3, -0.25) is 5.41 Å². The van der Waals surface area contributed by atoms with Gasteiger partial charge in [0.25, 0.3) is 0 Å². The Morgan fingerprint density at radius 1 is 1.10 bits per heavy atom.